The van der Waals surface area contributed by atoms with E-state index in [-0.39, 0.29) is 0 Å². The van der Waals surface area contributed by atoms with Crippen LogP contribution in [0.15, 0.2) is 28.7 Å². The van der Waals surface area contributed by atoms with Crippen LogP contribution in [-0.2, 0) is 0 Å². The molecule has 1 heterocycles. The second kappa shape index (κ2) is 3.24. The lowest BCUT2D eigenvalue weighted by molar-refractivity contribution is 0.566. The van der Waals surface area contributed by atoms with Gasteiger partial charge in [-0.2, -0.15) is 0 Å². The van der Waals surface area contributed by atoms with Gasteiger partial charge in [0.25, 0.3) is 0 Å². The van der Waals surface area contributed by atoms with Crippen molar-refractivity contribution in [3.05, 3.63) is 34.9 Å². The fraction of sp³-hybridized carbons (Fsp3) is 0.231. The molecular formula is C13H13NO. The van der Waals surface area contributed by atoms with E-state index in [9.17, 15) is 0 Å². The van der Waals surface area contributed by atoms with Gasteiger partial charge in [0.15, 0.2) is 0 Å². The molecule has 1 aliphatic rings. The zero-order valence-electron chi connectivity index (χ0n) is 8.66. The Morgan fingerprint density at radius 1 is 1.33 bits per heavy atom. The lowest BCUT2D eigenvalue weighted by Gasteiger charge is -2.09. The number of hydrogen-bond donors (Lipinski definition) is 1. The van der Waals surface area contributed by atoms with Crippen molar-refractivity contribution in [3.8, 4) is 0 Å². The van der Waals surface area contributed by atoms with Crippen molar-refractivity contribution in [1.29, 1.82) is 0 Å². The number of benzene rings is 1. The standard InChI is InChI=1S/C13H13NO/c1-14-9-6-7-13-11(8-9)10-4-2-3-5-12(10)15-13/h2-5,7-9,14H,6H2,1H3. The Labute approximate surface area is 87.9 Å². The number of fused-ring (bicyclic) bond motifs is 3. The van der Waals surface area contributed by atoms with Crippen LogP contribution < -0.4 is 16.0 Å². The third-order valence-electron chi connectivity index (χ3n) is 2.96. The van der Waals surface area contributed by atoms with Crippen LogP contribution in [0.4, 0.5) is 0 Å². The first kappa shape index (κ1) is 8.74. The molecule has 1 aromatic carbocycles. The molecule has 1 unspecified atom stereocenters. The average Bonchev–Trinajstić information content (AvgIpc) is 2.66. The van der Waals surface area contributed by atoms with Gasteiger partial charge < -0.3 is 9.73 Å². The van der Waals surface area contributed by atoms with E-state index in [1.807, 2.05) is 19.2 Å². The Kier molecular flexibility index (Phi) is 1.89. The quantitative estimate of drug-likeness (QED) is 0.740. The summed E-state index contributed by atoms with van der Waals surface area (Å²) >= 11 is 0. The smallest absolute Gasteiger partial charge is 0.135 e. The van der Waals surface area contributed by atoms with Gasteiger partial charge in [-0.3, -0.25) is 0 Å². The summed E-state index contributed by atoms with van der Waals surface area (Å²) in [4.78, 5) is 0. The van der Waals surface area contributed by atoms with E-state index in [4.69, 9.17) is 4.42 Å². The fourth-order valence-corrected chi connectivity index (χ4v) is 2.11. The third kappa shape index (κ3) is 1.29. The van der Waals surface area contributed by atoms with E-state index in [1.165, 1.54) is 10.6 Å². The highest BCUT2D eigenvalue weighted by Crippen LogP contribution is 2.09. The van der Waals surface area contributed by atoms with E-state index < -0.39 is 0 Å². The van der Waals surface area contributed by atoms with Gasteiger partial charge in [-0.15, -0.1) is 0 Å². The van der Waals surface area contributed by atoms with Gasteiger partial charge in [0.05, 0.1) is 0 Å². The molecule has 0 fully saturated rings. The van der Waals surface area contributed by atoms with Crippen LogP contribution in [0.5, 0.6) is 0 Å². The Hall–Kier alpha value is -1.54. The maximum absolute atomic E-state index is 5.77. The molecule has 0 saturated carbocycles. The molecule has 76 valence electrons. The van der Waals surface area contributed by atoms with Gasteiger partial charge in [0.1, 0.15) is 11.0 Å². The Morgan fingerprint density at radius 3 is 3.07 bits per heavy atom. The highest BCUT2D eigenvalue weighted by Gasteiger charge is 2.09. The molecule has 1 atom stereocenters. The number of nitrogens with one attached hydrogen (secondary N) is 1. The summed E-state index contributed by atoms with van der Waals surface area (Å²) in [5.41, 5.74) is 1.99. The summed E-state index contributed by atoms with van der Waals surface area (Å²) in [6.45, 7) is 0. The predicted molar refractivity (Wildman–Crippen MR) is 61.9 cm³/mol. The molecule has 1 aromatic heterocycles. The van der Waals surface area contributed by atoms with Crippen molar-refractivity contribution in [2.75, 3.05) is 7.05 Å². The molecular weight excluding hydrogens is 186 g/mol. The van der Waals surface area contributed by atoms with Gasteiger partial charge in [0, 0.05) is 16.6 Å². The van der Waals surface area contributed by atoms with E-state index in [1.54, 1.807) is 0 Å². The van der Waals surface area contributed by atoms with Crippen LogP contribution in [0, 0.1) is 0 Å². The van der Waals surface area contributed by atoms with E-state index in [2.05, 4.69) is 29.6 Å². The molecule has 0 amide bonds. The molecule has 2 heteroatoms. The fourth-order valence-electron chi connectivity index (χ4n) is 2.11. The zero-order chi connectivity index (χ0) is 10.3. The highest BCUT2D eigenvalue weighted by atomic mass is 16.3. The molecule has 1 aliphatic carbocycles. The first-order valence-electron chi connectivity index (χ1n) is 5.25. The van der Waals surface area contributed by atoms with Crippen LogP contribution >= 0.6 is 0 Å². The second-order valence-corrected chi connectivity index (χ2v) is 3.88. The molecule has 1 N–H and O–H groups in total. The molecule has 2 aromatic rings. The van der Waals surface area contributed by atoms with E-state index in [0.717, 1.165) is 17.4 Å². The lowest BCUT2D eigenvalue weighted by Crippen LogP contribution is -2.33. The van der Waals surface area contributed by atoms with Crippen LogP contribution in [0.25, 0.3) is 23.1 Å². The summed E-state index contributed by atoms with van der Waals surface area (Å²) in [7, 11) is 1.99. The van der Waals surface area contributed by atoms with Crippen LogP contribution in [0.3, 0.4) is 0 Å². The molecule has 0 radical (unpaired) electrons. The predicted octanol–water partition coefficient (Wildman–Crippen LogP) is 0.986. The van der Waals surface area contributed by atoms with Crippen molar-refractivity contribution in [3.63, 3.8) is 0 Å². The molecule has 0 bridgehead atoms. The minimum absolute atomic E-state index is 0.429. The molecule has 2 nitrogen and oxygen atoms in total. The molecule has 15 heavy (non-hydrogen) atoms. The zero-order valence-corrected chi connectivity index (χ0v) is 8.66. The summed E-state index contributed by atoms with van der Waals surface area (Å²) in [6, 6.07) is 8.62. The van der Waals surface area contributed by atoms with E-state index in [0.29, 0.717) is 6.04 Å². The van der Waals surface area contributed by atoms with Crippen molar-refractivity contribution >= 4 is 23.1 Å². The van der Waals surface area contributed by atoms with Crippen molar-refractivity contribution < 1.29 is 4.42 Å². The van der Waals surface area contributed by atoms with Crippen LogP contribution in [-0.4, -0.2) is 13.1 Å². The molecule has 0 spiro atoms. The summed E-state index contributed by atoms with van der Waals surface area (Å²) < 4.78 is 5.77. The minimum Gasteiger partial charge on any atom is -0.456 e. The summed E-state index contributed by atoms with van der Waals surface area (Å²) in [5.74, 6) is 0. The van der Waals surface area contributed by atoms with Gasteiger partial charge in [-0.25, -0.2) is 0 Å². The minimum atomic E-state index is 0.429. The van der Waals surface area contributed by atoms with Gasteiger partial charge in [0.2, 0.25) is 0 Å². The number of hydrogen-bond acceptors (Lipinski definition) is 2. The van der Waals surface area contributed by atoms with E-state index >= 15 is 0 Å². The van der Waals surface area contributed by atoms with Gasteiger partial charge >= 0.3 is 0 Å². The summed E-state index contributed by atoms with van der Waals surface area (Å²) in [6.07, 6.45) is 5.42. The van der Waals surface area contributed by atoms with Gasteiger partial charge in [-0.05, 0) is 25.6 Å². The first-order valence-corrected chi connectivity index (χ1v) is 5.25. The van der Waals surface area contributed by atoms with Crippen molar-refractivity contribution in [2.24, 2.45) is 0 Å². The number of rotatable bonds is 1. The molecule has 3 rings (SSSR count). The SMILES string of the molecule is CNC1C=c2c(oc3ccccc23)=CC1. The average molecular weight is 199 g/mol. The topological polar surface area (TPSA) is 25.2 Å². The Morgan fingerprint density at radius 2 is 2.20 bits per heavy atom. The molecule has 0 saturated heterocycles. The first-order chi connectivity index (χ1) is 7.38. The van der Waals surface area contributed by atoms with Crippen LogP contribution in [0.1, 0.15) is 6.42 Å². The molecule has 0 aliphatic heterocycles. The second-order valence-electron chi connectivity index (χ2n) is 3.88. The highest BCUT2D eigenvalue weighted by molar-refractivity contribution is 5.79. The lowest BCUT2D eigenvalue weighted by atomic mass is 10.1. The normalized spacial score (nSPS) is 19.4. The number of furan rings is 1. The maximum Gasteiger partial charge on any atom is 0.135 e. The monoisotopic (exact) mass is 199 g/mol. The van der Waals surface area contributed by atoms with Crippen LogP contribution in [0.2, 0.25) is 0 Å². The number of para-hydroxylation sites is 1. The maximum atomic E-state index is 5.77. The summed E-state index contributed by atoms with van der Waals surface area (Å²) in [5, 5.41) is 5.72. The van der Waals surface area contributed by atoms with Crippen molar-refractivity contribution in [1.82, 2.24) is 5.32 Å². The Bertz CT molecular complexity index is 609. The Balaban J connectivity index is 2.40. The van der Waals surface area contributed by atoms with Gasteiger partial charge in [-0.1, -0.05) is 24.3 Å². The van der Waals surface area contributed by atoms with Crippen molar-refractivity contribution in [2.45, 2.75) is 12.5 Å². The third-order valence-corrected chi connectivity index (χ3v) is 2.96. The largest absolute Gasteiger partial charge is 0.456 e.